The summed E-state index contributed by atoms with van der Waals surface area (Å²) in [5, 5.41) is 9.30. The van der Waals surface area contributed by atoms with E-state index in [4.69, 9.17) is 4.74 Å². The summed E-state index contributed by atoms with van der Waals surface area (Å²) < 4.78 is 5.14. The Bertz CT molecular complexity index is 717. The Morgan fingerprint density at radius 2 is 1.77 bits per heavy atom. The highest BCUT2D eigenvalue weighted by Gasteiger charge is 2.06. The second kappa shape index (κ2) is 10.8. The third kappa shape index (κ3) is 6.47. The molecule has 2 aromatic carbocycles. The molecule has 138 valence electrons. The number of rotatable bonds is 8. The molecule has 0 unspecified atom stereocenters. The molecule has 3 N–H and O–H groups in total. The van der Waals surface area contributed by atoms with Crippen LogP contribution in [-0.2, 0) is 6.54 Å². The Kier molecular flexibility index (Phi) is 7.99. The first kappa shape index (κ1) is 19.3. The number of carbonyl (C=O) groups is 1. The number of hydrogen-bond donors (Lipinski definition) is 3. The number of amides is 1. The van der Waals surface area contributed by atoms with Crippen LogP contribution in [0.25, 0.3) is 0 Å². The SMILES string of the molecule is CCNC(=NCc1ccccc1)NCCNC(=O)c1cccc(OC)c1. The zero-order valence-corrected chi connectivity index (χ0v) is 15.3. The first-order valence-corrected chi connectivity index (χ1v) is 8.71. The van der Waals surface area contributed by atoms with Crippen molar-refractivity contribution in [2.75, 3.05) is 26.7 Å². The highest BCUT2D eigenvalue weighted by molar-refractivity contribution is 5.94. The molecule has 6 heteroatoms. The molecule has 0 aliphatic carbocycles. The molecule has 0 fully saturated rings. The lowest BCUT2D eigenvalue weighted by Gasteiger charge is -2.12. The molecule has 0 radical (unpaired) electrons. The molecule has 26 heavy (non-hydrogen) atoms. The minimum Gasteiger partial charge on any atom is -0.497 e. The van der Waals surface area contributed by atoms with Gasteiger partial charge in [0.25, 0.3) is 5.91 Å². The van der Waals surface area contributed by atoms with Gasteiger partial charge in [0.05, 0.1) is 13.7 Å². The molecule has 0 aromatic heterocycles. The Hall–Kier alpha value is -3.02. The number of nitrogens with zero attached hydrogens (tertiary/aromatic N) is 1. The first-order valence-electron chi connectivity index (χ1n) is 8.71. The molecule has 0 bridgehead atoms. The fourth-order valence-electron chi connectivity index (χ4n) is 2.32. The van der Waals surface area contributed by atoms with Crippen LogP contribution in [0.15, 0.2) is 59.6 Å². The first-order chi connectivity index (χ1) is 12.7. The Morgan fingerprint density at radius 3 is 2.50 bits per heavy atom. The lowest BCUT2D eigenvalue weighted by atomic mass is 10.2. The van der Waals surface area contributed by atoms with Crippen LogP contribution in [0.3, 0.4) is 0 Å². The fraction of sp³-hybridized carbons (Fsp3) is 0.300. The quantitative estimate of drug-likeness (QED) is 0.386. The molecule has 2 aromatic rings. The van der Waals surface area contributed by atoms with Crippen molar-refractivity contribution >= 4 is 11.9 Å². The van der Waals surface area contributed by atoms with E-state index in [9.17, 15) is 4.79 Å². The van der Waals surface area contributed by atoms with Gasteiger partial charge in [0.1, 0.15) is 5.75 Å². The lowest BCUT2D eigenvalue weighted by Crippen LogP contribution is -2.41. The summed E-state index contributed by atoms with van der Waals surface area (Å²) in [4.78, 5) is 16.7. The Morgan fingerprint density at radius 1 is 1.00 bits per heavy atom. The molecule has 6 nitrogen and oxygen atoms in total. The highest BCUT2D eigenvalue weighted by atomic mass is 16.5. The van der Waals surface area contributed by atoms with Crippen LogP contribution in [0.1, 0.15) is 22.8 Å². The van der Waals surface area contributed by atoms with E-state index in [1.54, 1.807) is 25.3 Å². The maximum absolute atomic E-state index is 12.2. The van der Waals surface area contributed by atoms with Crippen LogP contribution in [-0.4, -0.2) is 38.6 Å². The largest absolute Gasteiger partial charge is 0.497 e. The Labute approximate surface area is 154 Å². The van der Waals surface area contributed by atoms with Crippen molar-refractivity contribution in [3.63, 3.8) is 0 Å². The number of nitrogens with one attached hydrogen (secondary N) is 3. The van der Waals surface area contributed by atoms with Crippen LogP contribution >= 0.6 is 0 Å². The Balaban J connectivity index is 1.79. The third-order valence-electron chi connectivity index (χ3n) is 3.64. The summed E-state index contributed by atoms with van der Waals surface area (Å²) in [6.45, 7) is 4.47. The van der Waals surface area contributed by atoms with Crippen molar-refractivity contribution in [1.29, 1.82) is 0 Å². The van der Waals surface area contributed by atoms with Gasteiger partial charge in [-0.25, -0.2) is 4.99 Å². The summed E-state index contributed by atoms with van der Waals surface area (Å²) in [6.07, 6.45) is 0. The van der Waals surface area contributed by atoms with E-state index in [-0.39, 0.29) is 5.91 Å². The number of carbonyl (C=O) groups excluding carboxylic acids is 1. The number of guanidine groups is 1. The van der Waals surface area contributed by atoms with E-state index in [1.807, 2.05) is 43.3 Å². The highest BCUT2D eigenvalue weighted by Crippen LogP contribution is 2.12. The maximum Gasteiger partial charge on any atom is 0.251 e. The number of ether oxygens (including phenoxy) is 1. The normalized spacial score (nSPS) is 10.9. The van der Waals surface area contributed by atoms with E-state index >= 15 is 0 Å². The van der Waals surface area contributed by atoms with Crippen LogP contribution < -0.4 is 20.7 Å². The zero-order valence-electron chi connectivity index (χ0n) is 15.3. The predicted octanol–water partition coefficient (Wildman–Crippen LogP) is 2.18. The molecule has 0 aliphatic rings. The molecule has 0 saturated heterocycles. The maximum atomic E-state index is 12.2. The van der Waals surface area contributed by atoms with Gasteiger partial charge in [0, 0.05) is 25.2 Å². The predicted molar refractivity (Wildman–Crippen MR) is 105 cm³/mol. The van der Waals surface area contributed by atoms with Gasteiger partial charge in [-0.05, 0) is 30.7 Å². The average Bonchev–Trinajstić information content (AvgIpc) is 2.69. The molecule has 0 heterocycles. The second-order valence-corrected chi connectivity index (χ2v) is 5.60. The van der Waals surface area contributed by atoms with Crippen molar-refractivity contribution in [3.8, 4) is 5.75 Å². The van der Waals surface area contributed by atoms with Crippen LogP contribution in [0, 0.1) is 0 Å². The third-order valence-corrected chi connectivity index (χ3v) is 3.64. The van der Waals surface area contributed by atoms with Crippen LogP contribution in [0.4, 0.5) is 0 Å². The molecule has 1 amide bonds. The van der Waals surface area contributed by atoms with Gasteiger partial charge in [-0.3, -0.25) is 4.79 Å². The fourth-order valence-corrected chi connectivity index (χ4v) is 2.32. The number of methoxy groups -OCH3 is 1. The summed E-state index contributed by atoms with van der Waals surface area (Å²) in [5.41, 5.74) is 1.73. The number of hydrogen-bond acceptors (Lipinski definition) is 3. The van der Waals surface area contributed by atoms with Crippen molar-refractivity contribution in [2.24, 2.45) is 4.99 Å². The molecule has 0 aliphatic heterocycles. The minimum atomic E-state index is -0.128. The van der Waals surface area contributed by atoms with E-state index in [0.717, 1.165) is 18.1 Å². The average molecular weight is 354 g/mol. The van der Waals surface area contributed by atoms with Gasteiger partial charge in [0.2, 0.25) is 0 Å². The van der Waals surface area contributed by atoms with Gasteiger partial charge in [-0.1, -0.05) is 36.4 Å². The van der Waals surface area contributed by atoms with Gasteiger partial charge >= 0.3 is 0 Å². The summed E-state index contributed by atoms with van der Waals surface area (Å²) in [5.74, 6) is 1.27. The standard InChI is InChI=1S/C20H26N4O2/c1-3-21-20(24-15-16-8-5-4-6-9-16)23-13-12-22-19(25)17-10-7-11-18(14-17)26-2/h4-11,14H,3,12-13,15H2,1-2H3,(H,22,25)(H2,21,23,24). The topological polar surface area (TPSA) is 74.8 Å². The molecule has 0 atom stereocenters. The van der Waals surface area contributed by atoms with Crippen molar-refractivity contribution in [3.05, 3.63) is 65.7 Å². The smallest absolute Gasteiger partial charge is 0.251 e. The summed E-state index contributed by atoms with van der Waals surface area (Å²) in [7, 11) is 1.58. The lowest BCUT2D eigenvalue weighted by molar-refractivity contribution is 0.0954. The van der Waals surface area contributed by atoms with Crippen molar-refractivity contribution in [1.82, 2.24) is 16.0 Å². The molecule has 0 spiro atoms. The van der Waals surface area contributed by atoms with E-state index < -0.39 is 0 Å². The number of benzene rings is 2. The van der Waals surface area contributed by atoms with E-state index in [1.165, 1.54) is 0 Å². The van der Waals surface area contributed by atoms with E-state index in [0.29, 0.717) is 30.9 Å². The van der Waals surface area contributed by atoms with Gasteiger partial charge in [-0.15, -0.1) is 0 Å². The van der Waals surface area contributed by atoms with Gasteiger partial charge < -0.3 is 20.7 Å². The zero-order chi connectivity index (χ0) is 18.6. The summed E-state index contributed by atoms with van der Waals surface area (Å²) >= 11 is 0. The van der Waals surface area contributed by atoms with Crippen LogP contribution in [0.5, 0.6) is 5.75 Å². The van der Waals surface area contributed by atoms with E-state index in [2.05, 4.69) is 20.9 Å². The second-order valence-electron chi connectivity index (χ2n) is 5.60. The molecule has 0 saturated carbocycles. The van der Waals surface area contributed by atoms with Gasteiger partial charge in [0.15, 0.2) is 5.96 Å². The minimum absolute atomic E-state index is 0.128. The molecular formula is C20H26N4O2. The molecule has 2 rings (SSSR count). The monoisotopic (exact) mass is 354 g/mol. The van der Waals surface area contributed by atoms with Gasteiger partial charge in [-0.2, -0.15) is 0 Å². The molecular weight excluding hydrogens is 328 g/mol. The van der Waals surface area contributed by atoms with Crippen LogP contribution in [0.2, 0.25) is 0 Å². The summed E-state index contributed by atoms with van der Waals surface area (Å²) in [6, 6.07) is 17.2. The number of aliphatic imine (C=N–C) groups is 1. The van der Waals surface area contributed by atoms with Crippen molar-refractivity contribution < 1.29 is 9.53 Å². The van der Waals surface area contributed by atoms with Crippen molar-refractivity contribution in [2.45, 2.75) is 13.5 Å².